The second-order valence-electron chi connectivity index (χ2n) is 8.62. The molecule has 12 heteroatoms. The quantitative estimate of drug-likeness (QED) is 0.499. The predicted octanol–water partition coefficient (Wildman–Crippen LogP) is 2.30. The number of nitrogens with one attached hydrogen (secondary N) is 2. The van der Waals surface area contributed by atoms with E-state index in [1.165, 1.54) is 11.7 Å². The molecule has 2 N–H and O–H groups in total. The van der Waals surface area contributed by atoms with Gasteiger partial charge in [-0.2, -0.15) is 9.97 Å². The Morgan fingerprint density at radius 3 is 2.69 bits per heavy atom. The lowest BCUT2D eigenvalue weighted by molar-refractivity contribution is -0.126. The van der Waals surface area contributed by atoms with E-state index in [1.807, 2.05) is 4.90 Å². The topological polar surface area (TPSA) is 106 Å². The largest absolute Gasteiger partial charge is 0.378 e. The van der Waals surface area contributed by atoms with E-state index in [0.717, 1.165) is 12.8 Å². The monoisotopic (exact) mass is 487 g/mol. The van der Waals surface area contributed by atoms with Crippen molar-refractivity contribution in [3.63, 3.8) is 0 Å². The normalized spacial score (nSPS) is 20.2. The van der Waals surface area contributed by atoms with Crippen LogP contribution in [0.5, 0.6) is 0 Å². The van der Waals surface area contributed by atoms with Crippen LogP contribution in [0.15, 0.2) is 30.3 Å². The van der Waals surface area contributed by atoms with Gasteiger partial charge in [-0.05, 0) is 25.0 Å². The third kappa shape index (κ3) is 5.03. The van der Waals surface area contributed by atoms with Gasteiger partial charge in [0, 0.05) is 38.3 Å². The molecule has 1 aliphatic carbocycles. The maximum absolute atomic E-state index is 14.0. The molecule has 3 heterocycles. The van der Waals surface area contributed by atoms with Crippen LogP contribution in [-0.4, -0.2) is 77.5 Å². The van der Waals surface area contributed by atoms with Gasteiger partial charge in [-0.25, -0.2) is 13.8 Å². The minimum absolute atomic E-state index is 0.0259. The van der Waals surface area contributed by atoms with Crippen LogP contribution in [0, 0.1) is 0 Å². The van der Waals surface area contributed by atoms with E-state index >= 15 is 0 Å². The number of morpholine rings is 1. The van der Waals surface area contributed by atoms with Gasteiger partial charge in [0.15, 0.2) is 5.82 Å². The molecule has 1 amide bonds. The Hall–Kier alpha value is -3.38. The second kappa shape index (κ2) is 10.1. The first-order chi connectivity index (χ1) is 17.0. The molecular formula is C23H27F2N7O3. The molecule has 5 rings (SSSR count). The highest BCUT2D eigenvalue weighted by molar-refractivity contribution is 5.78. The molecule has 1 aliphatic heterocycles. The van der Waals surface area contributed by atoms with Crippen molar-refractivity contribution >= 4 is 28.7 Å². The molecule has 0 unspecified atom stereocenters. The highest BCUT2D eigenvalue weighted by Crippen LogP contribution is 2.30. The van der Waals surface area contributed by atoms with E-state index in [1.54, 1.807) is 30.3 Å². The number of aromatic nitrogens is 4. The van der Waals surface area contributed by atoms with Crippen LogP contribution >= 0.6 is 0 Å². The third-order valence-electron chi connectivity index (χ3n) is 6.14. The molecule has 1 saturated carbocycles. The molecule has 1 saturated heterocycles. The number of imidazole rings is 1. The van der Waals surface area contributed by atoms with Gasteiger partial charge in [-0.1, -0.05) is 12.1 Å². The summed E-state index contributed by atoms with van der Waals surface area (Å²) in [4.78, 5) is 27.2. The Balaban J connectivity index is 1.45. The summed E-state index contributed by atoms with van der Waals surface area (Å²) in [7, 11) is 1.48. The Morgan fingerprint density at radius 2 is 1.94 bits per heavy atom. The number of nitrogens with zero attached hydrogens (tertiary/aromatic N) is 5. The van der Waals surface area contributed by atoms with Gasteiger partial charge >= 0.3 is 0 Å². The first-order valence-electron chi connectivity index (χ1n) is 11.5. The molecule has 0 atom stereocenters. The Kier molecular flexibility index (Phi) is 6.73. The number of anilines is 2. The maximum atomic E-state index is 14.0. The summed E-state index contributed by atoms with van der Waals surface area (Å²) in [5.41, 5.74) is 1.02. The SMILES string of the molecule is COCC(=O)N[C@H]1C[C@H](Nc2cc(-n3c(C(F)F)nc4ccccc43)nc(N3CCOCC3)n2)C1. The number of hydrogen-bond acceptors (Lipinski definition) is 8. The average Bonchev–Trinajstić information content (AvgIpc) is 3.23. The van der Waals surface area contributed by atoms with Crippen molar-refractivity contribution in [2.45, 2.75) is 31.4 Å². The van der Waals surface area contributed by atoms with Crippen molar-refractivity contribution in [1.82, 2.24) is 24.8 Å². The molecule has 2 fully saturated rings. The fraction of sp³-hybridized carbons (Fsp3) is 0.478. The third-order valence-corrected chi connectivity index (χ3v) is 6.14. The summed E-state index contributed by atoms with van der Waals surface area (Å²) in [5, 5.41) is 6.29. The number of carbonyl (C=O) groups is 1. The van der Waals surface area contributed by atoms with Crippen molar-refractivity contribution in [3.8, 4) is 5.82 Å². The van der Waals surface area contributed by atoms with Crippen LogP contribution in [0.4, 0.5) is 20.5 Å². The molecular weight excluding hydrogens is 460 g/mol. The summed E-state index contributed by atoms with van der Waals surface area (Å²) in [6, 6.07) is 8.80. The van der Waals surface area contributed by atoms with Gasteiger partial charge in [0.05, 0.1) is 24.2 Å². The highest BCUT2D eigenvalue weighted by atomic mass is 19.3. The summed E-state index contributed by atoms with van der Waals surface area (Å²) >= 11 is 0. The van der Waals surface area contributed by atoms with E-state index in [-0.39, 0.29) is 30.4 Å². The number of ether oxygens (including phenoxy) is 2. The Morgan fingerprint density at radius 1 is 1.17 bits per heavy atom. The number of rotatable bonds is 8. The molecule has 2 aliphatic rings. The van der Waals surface area contributed by atoms with Gasteiger partial charge in [0.1, 0.15) is 18.2 Å². The van der Waals surface area contributed by atoms with Gasteiger partial charge in [0.25, 0.3) is 6.43 Å². The zero-order valence-electron chi connectivity index (χ0n) is 19.3. The molecule has 35 heavy (non-hydrogen) atoms. The van der Waals surface area contributed by atoms with E-state index in [0.29, 0.717) is 54.9 Å². The summed E-state index contributed by atoms with van der Waals surface area (Å²) in [6.45, 7) is 2.31. The lowest BCUT2D eigenvalue weighted by atomic mass is 9.86. The van der Waals surface area contributed by atoms with Crippen molar-refractivity contribution in [1.29, 1.82) is 0 Å². The van der Waals surface area contributed by atoms with Crippen LogP contribution in [0.1, 0.15) is 25.1 Å². The van der Waals surface area contributed by atoms with Crippen LogP contribution in [0.2, 0.25) is 0 Å². The summed E-state index contributed by atoms with van der Waals surface area (Å²) < 4.78 is 39.6. The number of methoxy groups -OCH3 is 1. The number of fused-ring (bicyclic) bond motifs is 1. The molecule has 1 aromatic carbocycles. The van der Waals surface area contributed by atoms with Crippen LogP contribution in [0.3, 0.4) is 0 Å². The van der Waals surface area contributed by atoms with Gasteiger partial charge in [-0.3, -0.25) is 9.36 Å². The lowest BCUT2D eigenvalue weighted by Crippen LogP contribution is -2.50. The van der Waals surface area contributed by atoms with E-state index in [4.69, 9.17) is 9.47 Å². The minimum atomic E-state index is -2.77. The maximum Gasteiger partial charge on any atom is 0.296 e. The zero-order valence-corrected chi connectivity index (χ0v) is 19.3. The van der Waals surface area contributed by atoms with E-state index in [2.05, 4.69) is 25.6 Å². The second-order valence-corrected chi connectivity index (χ2v) is 8.62. The van der Waals surface area contributed by atoms with Crippen molar-refractivity contribution in [3.05, 3.63) is 36.2 Å². The molecule has 3 aromatic rings. The van der Waals surface area contributed by atoms with Crippen LogP contribution in [0.25, 0.3) is 16.9 Å². The van der Waals surface area contributed by atoms with Gasteiger partial charge in [0.2, 0.25) is 11.9 Å². The fourth-order valence-electron chi connectivity index (χ4n) is 4.41. The first-order valence-corrected chi connectivity index (χ1v) is 11.5. The predicted molar refractivity (Wildman–Crippen MR) is 125 cm³/mol. The number of halogens is 2. The molecule has 0 bridgehead atoms. The Labute approximate surface area is 200 Å². The van der Waals surface area contributed by atoms with Crippen LogP contribution < -0.4 is 15.5 Å². The fourth-order valence-corrected chi connectivity index (χ4v) is 4.41. The number of alkyl halides is 2. The van der Waals surface area contributed by atoms with Gasteiger partial charge in [-0.15, -0.1) is 0 Å². The number of carbonyl (C=O) groups excluding carboxylic acids is 1. The average molecular weight is 488 g/mol. The number of amides is 1. The van der Waals surface area contributed by atoms with Crippen molar-refractivity contribution < 1.29 is 23.0 Å². The number of benzene rings is 1. The van der Waals surface area contributed by atoms with Crippen molar-refractivity contribution in [2.24, 2.45) is 0 Å². The van der Waals surface area contributed by atoms with E-state index < -0.39 is 6.43 Å². The highest BCUT2D eigenvalue weighted by Gasteiger charge is 2.31. The minimum Gasteiger partial charge on any atom is -0.378 e. The number of hydrogen-bond donors (Lipinski definition) is 2. The zero-order chi connectivity index (χ0) is 24.4. The van der Waals surface area contributed by atoms with E-state index in [9.17, 15) is 13.6 Å². The smallest absolute Gasteiger partial charge is 0.296 e. The molecule has 0 radical (unpaired) electrons. The number of para-hydroxylation sites is 2. The van der Waals surface area contributed by atoms with Crippen LogP contribution in [-0.2, 0) is 14.3 Å². The molecule has 186 valence electrons. The van der Waals surface area contributed by atoms with Crippen molar-refractivity contribution in [2.75, 3.05) is 50.2 Å². The molecule has 2 aromatic heterocycles. The molecule has 0 spiro atoms. The van der Waals surface area contributed by atoms with Gasteiger partial charge < -0.3 is 25.0 Å². The standard InChI is InChI=1S/C23H27F2N7O3/c1-34-13-20(33)27-15-10-14(11-15)26-18-12-19(30-23(29-18)31-6-8-35-9-7-31)32-17-5-3-2-4-16(17)28-22(32)21(24)25/h2-5,12,14-15,21H,6-11,13H2,1H3,(H,27,33)(H,26,29,30)/t14-,15-. The summed E-state index contributed by atoms with van der Waals surface area (Å²) in [5.74, 6) is 0.767. The first kappa shape index (κ1) is 23.4. The Bertz CT molecular complexity index is 1190. The summed E-state index contributed by atoms with van der Waals surface area (Å²) in [6.07, 6.45) is -1.33. The molecule has 10 nitrogen and oxygen atoms in total. The lowest BCUT2D eigenvalue weighted by Gasteiger charge is -2.36.